The number of hydrogen-bond acceptors (Lipinski definition) is 3. The molecule has 1 aromatic heterocycles. The van der Waals surface area contributed by atoms with Crippen LogP contribution in [0, 0.1) is 0 Å². The highest BCUT2D eigenvalue weighted by molar-refractivity contribution is 8.00. The summed E-state index contributed by atoms with van der Waals surface area (Å²) in [5.74, 6) is 1.62. The van der Waals surface area contributed by atoms with E-state index in [4.69, 9.17) is 4.74 Å². The number of aromatic nitrogens is 1. The molecule has 21 heavy (non-hydrogen) atoms. The van der Waals surface area contributed by atoms with E-state index in [0.717, 1.165) is 23.5 Å². The average Bonchev–Trinajstić information content (AvgIpc) is 3.13. The fraction of sp³-hybridized carbons (Fsp3) is 0.312. The SMILES string of the molecule is CCN1C(=O)CSC1c1ccn(-c2ccccc2OC)c1. The van der Waals surface area contributed by atoms with E-state index in [1.165, 1.54) is 0 Å². The van der Waals surface area contributed by atoms with E-state index in [-0.39, 0.29) is 11.3 Å². The summed E-state index contributed by atoms with van der Waals surface area (Å²) in [7, 11) is 1.67. The maximum absolute atomic E-state index is 11.8. The van der Waals surface area contributed by atoms with Gasteiger partial charge in [0, 0.05) is 24.5 Å². The highest BCUT2D eigenvalue weighted by atomic mass is 32.2. The molecule has 3 rings (SSSR count). The lowest BCUT2D eigenvalue weighted by molar-refractivity contribution is -0.127. The molecule has 1 unspecified atom stereocenters. The fourth-order valence-corrected chi connectivity index (χ4v) is 3.87. The lowest BCUT2D eigenvalue weighted by Gasteiger charge is -2.21. The van der Waals surface area contributed by atoms with Gasteiger partial charge in [0.15, 0.2) is 0 Å². The standard InChI is InChI=1S/C16H18N2O2S/c1-3-18-15(19)11-21-16(18)12-8-9-17(10-12)13-6-4-5-7-14(13)20-2/h4-10,16H,3,11H2,1-2H3. The monoisotopic (exact) mass is 302 g/mol. The summed E-state index contributed by atoms with van der Waals surface area (Å²) in [5, 5.41) is 0.124. The van der Waals surface area contributed by atoms with Crippen molar-refractivity contribution in [2.24, 2.45) is 0 Å². The van der Waals surface area contributed by atoms with Crippen LogP contribution in [0.5, 0.6) is 5.75 Å². The Labute approximate surface area is 128 Å². The molecule has 0 aliphatic carbocycles. The molecule has 0 saturated carbocycles. The van der Waals surface area contributed by atoms with Crippen LogP contribution in [0.1, 0.15) is 17.9 Å². The first-order chi connectivity index (χ1) is 10.2. The van der Waals surface area contributed by atoms with Gasteiger partial charge < -0.3 is 14.2 Å². The van der Waals surface area contributed by atoms with Crippen molar-refractivity contribution in [3.63, 3.8) is 0 Å². The predicted molar refractivity (Wildman–Crippen MR) is 84.9 cm³/mol. The van der Waals surface area contributed by atoms with Crippen LogP contribution in [0.25, 0.3) is 5.69 Å². The smallest absolute Gasteiger partial charge is 0.233 e. The van der Waals surface area contributed by atoms with Crippen molar-refractivity contribution in [2.75, 3.05) is 19.4 Å². The van der Waals surface area contributed by atoms with Gasteiger partial charge in [-0.05, 0) is 25.1 Å². The third kappa shape index (κ3) is 2.53. The first-order valence-electron chi connectivity index (χ1n) is 6.97. The maximum Gasteiger partial charge on any atom is 0.233 e. The minimum Gasteiger partial charge on any atom is -0.495 e. The van der Waals surface area contributed by atoms with Crippen molar-refractivity contribution in [2.45, 2.75) is 12.3 Å². The second-order valence-corrected chi connectivity index (χ2v) is 5.94. The van der Waals surface area contributed by atoms with E-state index < -0.39 is 0 Å². The number of nitrogens with zero attached hydrogens (tertiary/aromatic N) is 2. The van der Waals surface area contributed by atoms with Crippen LogP contribution in [0.3, 0.4) is 0 Å². The first kappa shape index (κ1) is 14.1. The summed E-state index contributed by atoms with van der Waals surface area (Å²) in [6.07, 6.45) is 4.10. The van der Waals surface area contributed by atoms with Gasteiger partial charge in [0.1, 0.15) is 11.1 Å². The molecular formula is C16H18N2O2S. The summed E-state index contributed by atoms with van der Waals surface area (Å²) in [4.78, 5) is 13.8. The molecule has 1 fully saturated rings. The number of carbonyl (C=O) groups excluding carboxylic acids is 1. The quantitative estimate of drug-likeness (QED) is 0.870. The maximum atomic E-state index is 11.8. The van der Waals surface area contributed by atoms with Crippen LogP contribution in [0.2, 0.25) is 0 Å². The van der Waals surface area contributed by atoms with Gasteiger partial charge in [-0.15, -0.1) is 11.8 Å². The Bertz CT molecular complexity index is 653. The third-order valence-corrected chi connectivity index (χ3v) is 4.93. The largest absolute Gasteiger partial charge is 0.495 e. The molecule has 1 aliphatic heterocycles. The normalized spacial score (nSPS) is 18.3. The lowest BCUT2D eigenvalue weighted by Crippen LogP contribution is -2.27. The molecule has 5 heteroatoms. The number of benzene rings is 1. The Morgan fingerprint density at radius 3 is 2.90 bits per heavy atom. The summed E-state index contributed by atoms with van der Waals surface area (Å²) in [5.41, 5.74) is 2.15. The van der Waals surface area contributed by atoms with Crippen LogP contribution < -0.4 is 4.74 Å². The third-order valence-electron chi connectivity index (χ3n) is 3.67. The molecule has 0 radical (unpaired) electrons. The molecule has 1 aromatic carbocycles. The van der Waals surface area contributed by atoms with E-state index >= 15 is 0 Å². The van der Waals surface area contributed by atoms with Crippen LogP contribution in [-0.2, 0) is 4.79 Å². The summed E-state index contributed by atoms with van der Waals surface area (Å²) < 4.78 is 7.45. The second kappa shape index (κ2) is 5.85. The predicted octanol–water partition coefficient (Wildman–Crippen LogP) is 3.08. The van der Waals surface area contributed by atoms with Gasteiger partial charge in [-0.25, -0.2) is 0 Å². The van der Waals surface area contributed by atoms with Crippen LogP contribution in [0.15, 0.2) is 42.7 Å². The molecule has 1 atom stereocenters. The fourth-order valence-electron chi connectivity index (χ4n) is 2.62. The Morgan fingerprint density at radius 2 is 2.14 bits per heavy atom. The molecule has 0 N–H and O–H groups in total. The van der Waals surface area contributed by atoms with Gasteiger partial charge in [0.05, 0.1) is 18.6 Å². The topological polar surface area (TPSA) is 34.5 Å². The number of rotatable bonds is 4. The van der Waals surface area contributed by atoms with Gasteiger partial charge >= 0.3 is 0 Å². The number of thioether (sulfide) groups is 1. The molecule has 2 heterocycles. The van der Waals surface area contributed by atoms with Gasteiger partial charge in [-0.3, -0.25) is 4.79 Å². The number of ether oxygens (including phenoxy) is 1. The summed E-state index contributed by atoms with van der Waals surface area (Å²) >= 11 is 1.69. The minimum absolute atomic E-state index is 0.124. The minimum atomic E-state index is 0.124. The first-order valence-corrected chi connectivity index (χ1v) is 8.02. The number of hydrogen-bond donors (Lipinski definition) is 0. The molecule has 0 bridgehead atoms. The van der Waals surface area contributed by atoms with Crippen molar-refractivity contribution in [1.82, 2.24) is 9.47 Å². The van der Waals surface area contributed by atoms with Gasteiger partial charge in [-0.1, -0.05) is 12.1 Å². The van der Waals surface area contributed by atoms with Gasteiger partial charge in [0.2, 0.25) is 5.91 Å². The molecule has 4 nitrogen and oxygen atoms in total. The van der Waals surface area contributed by atoms with Crippen molar-refractivity contribution in [1.29, 1.82) is 0 Å². The van der Waals surface area contributed by atoms with Crippen molar-refractivity contribution in [3.8, 4) is 11.4 Å². The molecule has 0 spiro atoms. The lowest BCUT2D eigenvalue weighted by atomic mass is 10.3. The number of carbonyl (C=O) groups is 1. The molecule has 1 saturated heterocycles. The van der Waals surface area contributed by atoms with E-state index in [0.29, 0.717) is 5.75 Å². The Balaban J connectivity index is 1.92. The number of amides is 1. The van der Waals surface area contributed by atoms with Gasteiger partial charge in [-0.2, -0.15) is 0 Å². The van der Waals surface area contributed by atoms with E-state index in [1.807, 2.05) is 46.9 Å². The molecular weight excluding hydrogens is 284 g/mol. The van der Waals surface area contributed by atoms with Crippen LogP contribution >= 0.6 is 11.8 Å². The molecule has 1 aliphatic rings. The van der Waals surface area contributed by atoms with Crippen molar-refractivity contribution >= 4 is 17.7 Å². The molecule has 2 aromatic rings. The Hall–Kier alpha value is -1.88. The summed E-state index contributed by atoms with van der Waals surface area (Å²) in [6.45, 7) is 2.77. The molecule has 110 valence electrons. The highest BCUT2D eigenvalue weighted by Crippen LogP contribution is 2.39. The molecule has 1 amide bonds. The average molecular weight is 302 g/mol. The second-order valence-electron chi connectivity index (χ2n) is 4.87. The zero-order valence-electron chi connectivity index (χ0n) is 12.2. The van der Waals surface area contributed by atoms with Crippen molar-refractivity contribution in [3.05, 3.63) is 48.3 Å². The van der Waals surface area contributed by atoms with Crippen LogP contribution in [0.4, 0.5) is 0 Å². The van der Waals surface area contributed by atoms with E-state index in [1.54, 1.807) is 18.9 Å². The Morgan fingerprint density at radius 1 is 1.33 bits per heavy atom. The Kier molecular flexibility index (Phi) is 3.92. The van der Waals surface area contributed by atoms with Crippen LogP contribution in [-0.4, -0.2) is 34.8 Å². The highest BCUT2D eigenvalue weighted by Gasteiger charge is 2.32. The zero-order chi connectivity index (χ0) is 14.8. The number of methoxy groups -OCH3 is 1. The van der Waals surface area contributed by atoms with Crippen molar-refractivity contribution < 1.29 is 9.53 Å². The van der Waals surface area contributed by atoms with Gasteiger partial charge in [0.25, 0.3) is 0 Å². The number of para-hydroxylation sites is 2. The zero-order valence-corrected chi connectivity index (χ0v) is 13.0. The van der Waals surface area contributed by atoms with E-state index in [2.05, 4.69) is 12.3 Å². The summed E-state index contributed by atoms with van der Waals surface area (Å²) in [6, 6.07) is 9.99. The van der Waals surface area contributed by atoms with E-state index in [9.17, 15) is 4.79 Å².